The van der Waals surface area contributed by atoms with Crippen molar-refractivity contribution in [3.63, 3.8) is 0 Å². The van der Waals surface area contributed by atoms with Crippen molar-refractivity contribution < 1.29 is 19.4 Å². The van der Waals surface area contributed by atoms with Gasteiger partial charge in [0.2, 0.25) is 5.91 Å². The Morgan fingerprint density at radius 2 is 1.88 bits per heavy atom. The molecule has 1 saturated heterocycles. The molecule has 0 aromatic heterocycles. The van der Waals surface area contributed by atoms with Crippen LogP contribution in [0.25, 0.3) is 0 Å². The van der Waals surface area contributed by atoms with Gasteiger partial charge in [0.15, 0.2) is 0 Å². The Balaban J connectivity index is 1.89. The molecule has 0 unspecified atom stereocenters. The van der Waals surface area contributed by atoms with E-state index in [1.807, 2.05) is 4.90 Å². The van der Waals surface area contributed by atoms with Crippen molar-refractivity contribution in [2.45, 2.75) is 25.7 Å². The lowest BCUT2D eigenvalue weighted by Gasteiger charge is -2.23. The number of rotatable bonds is 2. The van der Waals surface area contributed by atoms with Crippen LogP contribution >= 0.6 is 0 Å². The van der Waals surface area contributed by atoms with Crippen LogP contribution in [0.15, 0.2) is 0 Å². The van der Waals surface area contributed by atoms with Gasteiger partial charge in [0.05, 0.1) is 12.5 Å². The molecule has 1 amide bonds. The maximum absolute atomic E-state index is 12.2. The van der Waals surface area contributed by atoms with Crippen molar-refractivity contribution in [2.75, 3.05) is 26.3 Å². The first kappa shape index (κ1) is 12.4. The summed E-state index contributed by atoms with van der Waals surface area (Å²) in [5.41, 5.74) is 0. The summed E-state index contributed by atoms with van der Waals surface area (Å²) in [5.74, 6) is -1.06. The molecule has 1 saturated carbocycles. The Kier molecular flexibility index (Phi) is 3.99. The molecule has 96 valence electrons. The van der Waals surface area contributed by atoms with E-state index in [4.69, 9.17) is 9.84 Å². The second kappa shape index (κ2) is 5.49. The highest BCUT2D eigenvalue weighted by atomic mass is 16.5. The molecule has 1 heterocycles. The third-order valence-corrected chi connectivity index (χ3v) is 3.67. The molecule has 2 atom stereocenters. The Labute approximate surface area is 101 Å². The Hall–Kier alpha value is -1.10. The minimum Gasteiger partial charge on any atom is -0.481 e. The minimum absolute atomic E-state index is 0.0887. The fourth-order valence-electron chi connectivity index (χ4n) is 2.65. The van der Waals surface area contributed by atoms with Gasteiger partial charge in [-0.05, 0) is 25.7 Å². The first-order valence-corrected chi connectivity index (χ1v) is 6.28. The fraction of sp³-hybridized carbons (Fsp3) is 0.833. The number of nitrogens with zero attached hydrogens (tertiary/aromatic N) is 1. The number of aliphatic carboxylic acids is 1. The molecule has 2 rings (SSSR count). The van der Waals surface area contributed by atoms with Crippen LogP contribution in [0, 0.1) is 11.8 Å². The number of hydrogen-bond donors (Lipinski definition) is 1. The zero-order chi connectivity index (χ0) is 12.3. The second-order valence-electron chi connectivity index (χ2n) is 4.84. The van der Waals surface area contributed by atoms with Crippen molar-refractivity contribution in [3.05, 3.63) is 0 Å². The quantitative estimate of drug-likeness (QED) is 0.774. The van der Waals surface area contributed by atoms with Crippen LogP contribution in [-0.4, -0.2) is 48.2 Å². The lowest BCUT2D eigenvalue weighted by Crippen LogP contribution is -2.37. The molecular weight excluding hydrogens is 222 g/mol. The van der Waals surface area contributed by atoms with Crippen LogP contribution in [-0.2, 0) is 14.3 Å². The predicted octanol–water partition coefficient (Wildman–Crippen LogP) is 0.736. The van der Waals surface area contributed by atoms with Gasteiger partial charge in [0.25, 0.3) is 0 Å². The monoisotopic (exact) mass is 241 g/mol. The van der Waals surface area contributed by atoms with Crippen LogP contribution in [0.1, 0.15) is 25.7 Å². The lowest BCUT2D eigenvalue weighted by molar-refractivity contribution is -0.141. The zero-order valence-corrected chi connectivity index (χ0v) is 9.93. The van der Waals surface area contributed by atoms with Crippen molar-refractivity contribution in [3.8, 4) is 0 Å². The number of hydrogen-bond acceptors (Lipinski definition) is 3. The van der Waals surface area contributed by atoms with Crippen molar-refractivity contribution in [1.82, 2.24) is 4.90 Å². The first-order valence-electron chi connectivity index (χ1n) is 6.28. The molecule has 1 N–H and O–H groups in total. The topological polar surface area (TPSA) is 66.8 Å². The molecule has 17 heavy (non-hydrogen) atoms. The van der Waals surface area contributed by atoms with E-state index < -0.39 is 5.97 Å². The maximum Gasteiger partial charge on any atom is 0.306 e. The molecule has 0 radical (unpaired) electrons. The summed E-state index contributed by atoms with van der Waals surface area (Å²) in [6.07, 6.45) is 2.73. The van der Waals surface area contributed by atoms with Gasteiger partial charge in [-0.15, -0.1) is 0 Å². The van der Waals surface area contributed by atoms with Gasteiger partial charge in [-0.25, -0.2) is 0 Å². The highest BCUT2D eigenvalue weighted by molar-refractivity contribution is 5.81. The maximum atomic E-state index is 12.2. The minimum atomic E-state index is -0.764. The predicted molar refractivity (Wildman–Crippen MR) is 60.5 cm³/mol. The van der Waals surface area contributed by atoms with Gasteiger partial charge in [0, 0.05) is 25.6 Å². The molecule has 0 bridgehead atoms. The summed E-state index contributed by atoms with van der Waals surface area (Å²) in [7, 11) is 0. The summed E-state index contributed by atoms with van der Waals surface area (Å²) in [4.78, 5) is 24.9. The second-order valence-corrected chi connectivity index (χ2v) is 4.84. The number of carboxylic acid groups (broad SMARTS) is 1. The van der Waals surface area contributed by atoms with Crippen molar-refractivity contribution >= 4 is 11.9 Å². The van der Waals surface area contributed by atoms with Crippen LogP contribution in [0.3, 0.4) is 0 Å². The highest BCUT2D eigenvalue weighted by Crippen LogP contribution is 2.32. The Morgan fingerprint density at radius 1 is 1.12 bits per heavy atom. The molecule has 0 aromatic carbocycles. The Bertz CT molecular complexity index is 297. The molecule has 2 aliphatic rings. The van der Waals surface area contributed by atoms with Crippen LogP contribution in [0.2, 0.25) is 0 Å². The van der Waals surface area contributed by atoms with Crippen molar-refractivity contribution in [1.29, 1.82) is 0 Å². The fourth-order valence-corrected chi connectivity index (χ4v) is 2.65. The summed E-state index contributed by atoms with van der Waals surface area (Å²) in [5, 5.41) is 8.92. The SMILES string of the molecule is O=C(O)[C@H]1CC[C@@H](C(=O)N2CCCOCC2)C1. The summed E-state index contributed by atoms with van der Waals surface area (Å²) >= 11 is 0. The summed E-state index contributed by atoms with van der Waals surface area (Å²) in [6, 6.07) is 0. The molecule has 5 heteroatoms. The number of amides is 1. The van der Waals surface area contributed by atoms with E-state index in [9.17, 15) is 9.59 Å². The van der Waals surface area contributed by atoms with Crippen LogP contribution < -0.4 is 0 Å². The highest BCUT2D eigenvalue weighted by Gasteiger charge is 2.35. The van der Waals surface area contributed by atoms with E-state index >= 15 is 0 Å². The van der Waals surface area contributed by atoms with Gasteiger partial charge in [-0.1, -0.05) is 0 Å². The summed E-state index contributed by atoms with van der Waals surface area (Å²) < 4.78 is 5.31. The summed E-state index contributed by atoms with van der Waals surface area (Å²) in [6.45, 7) is 2.70. The number of carbonyl (C=O) groups excluding carboxylic acids is 1. The molecular formula is C12H19NO4. The average molecular weight is 241 g/mol. The van der Waals surface area contributed by atoms with Gasteiger partial charge < -0.3 is 14.7 Å². The molecule has 2 fully saturated rings. The number of carbonyl (C=O) groups is 2. The zero-order valence-electron chi connectivity index (χ0n) is 9.93. The molecule has 5 nitrogen and oxygen atoms in total. The van der Waals surface area contributed by atoms with E-state index in [0.29, 0.717) is 39.0 Å². The first-order chi connectivity index (χ1) is 8.18. The van der Waals surface area contributed by atoms with Gasteiger partial charge >= 0.3 is 5.97 Å². The van der Waals surface area contributed by atoms with Gasteiger partial charge in [0.1, 0.15) is 0 Å². The van der Waals surface area contributed by atoms with Crippen LogP contribution in [0.4, 0.5) is 0 Å². The molecule has 0 spiro atoms. The van der Waals surface area contributed by atoms with E-state index in [1.54, 1.807) is 0 Å². The lowest BCUT2D eigenvalue weighted by atomic mass is 10.0. The number of ether oxygens (including phenoxy) is 1. The van der Waals surface area contributed by atoms with Crippen LogP contribution in [0.5, 0.6) is 0 Å². The van der Waals surface area contributed by atoms with E-state index in [-0.39, 0.29) is 17.7 Å². The largest absolute Gasteiger partial charge is 0.481 e. The third kappa shape index (κ3) is 2.97. The standard InChI is InChI=1S/C12H19NO4/c14-11(13-4-1-6-17-7-5-13)9-2-3-10(8-9)12(15)16/h9-10H,1-8H2,(H,15,16)/t9-,10+/m1/s1. The van der Waals surface area contributed by atoms with Crippen molar-refractivity contribution in [2.24, 2.45) is 11.8 Å². The molecule has 0 aromatic rings. The smallest absolute Gasteiger partial charge is 0.306 e. The van der Waals surface area contributed by atoms with E-state index in [0.717, 1.165) is 13.0 Å². The van der Waals surface area contributed by atoms with E-state index in [1.165, 1.54) is 0 Å². The Morgan fingerprint density at radius 3 is 2.59 bits per heavy atom. The van der Waals surface area contributed by atoms with E-state index in [2.05, 4.69) is 0 Å². The number of carboxylic acids is 1. The van der Waals surface area contributed by atoms with Gasteiger partial charge in [-0.3, -0.25) is 9.59 Å². The molecule has 1 aliphatic heterocycles. The van der Waals surface area contributed by atoms with Gasteiger partial charge in [-0.2, -0.15) is 0 Å². The average Bonchev–Trinajstić information content (AvgIpc) is 2.65. The normalized spacial score (nSPS) is 30.0. The third-order valence-electron chi connectivity index (χ3n) is 3.67. The molecule has 1 aliphatic carbocycles.